The standard InChI is InChI=1S/C13H18N4O3/c1-2-20-11-5-3-9(4-6-11)14-8-10(18)7-12-15-13(19)17-16-12/h3-6,10,14,18H,2,7-8H2,1H3,(H2,15,16,17,19). The zero-order valence-corrected chi connectivity index (χ0v) is 11.2. The van der Waals surface area contributed by atoms with Crippen LogP contribution in [-0.2, 0) is 6.42 Å². The predicted molar refractivity (Wildman–Crippen MR) is 75.0 cm³/mol. The average Bonchev–Trinajstić information content (AvgIpc) is 2.84. The summed E-state index contributed by atoms with van der Waals surface area (Å²) in [5.74, 6) is 1.25. The van der Waals surface area contributed by atoms with Crippen LogP contribution in [-0.4, -0.2) is 39.5 Å². The van der Waals surface area contributed by atoms with E-state index in [0.717, 1.165) is 11.4 Å². The van der Waals surface area contributed by atoms with Gasteiger partial charge in [0, 0.05) is 18.7 Å². The van der Waals surface area contributed by atoms with Gasteiger partial charge in [-0.1, -0.05) is 0 Å². The number of hydrogen-bond acceptors (Lipinski definition) is 5. The van der Waals surface area contributed by atoms with Crippen LogP contribution in [0.3, 0.4) is 0 Å². The van der Waals surface area contributed by atoms with Crippen molar-refractivity contribution < 1.29 is 9.84 Å². The number of ether oxygens (including phenoxy) is 1. The van der Waals surface area contributed by atoms with Crippen molar-refractivity contribution in [3.05, 3.63) is 40.6 Å². The lowest BCUT2D eigenvalue weighted by atomic mass is 10.2. The van der Waals surface area contributed by atoms with Crippen molar-refractivity contribution in [3.8, 4) is 5.75 Å². The highest BCUT2D eigenvalue weighted by Crippen LogP contribution is 2.15. The molecular weight excluding hydrogens is 260 g/mol. The number of aliphatic hydroxyl groups is 1. The van der Waals surface area contributed by atoms with Gasteiger partial charge in [-0.2, -0.15) is 5.10 Å². The summed E-state index contributed by atoms with van der Waals surface area (Å²) in [6.07, 6.45) is -0.358. The van der Waals surface area contributed by atoms with E-state index in [4.69, 9.17) is 4.74 Å². The fraction of sp³-hybridized carbons (Fsp3) is 0.385. The van der Waals surface area contributed by atoms with Crippen LogP contribution < -0.4 is 15.7 Å². The Kier molecular flexibility index (Phi) is 4.78. The van der Waals surface area contributed by atoms with Gasteiger partial charge in [0.2, 0.25) is 0 Å². The maximum Gasteiger partial charge on any atom is 0.340 e. The number of hydrogen-bond donors (Lipinski definition) is 4. The molecule has 1 aromatic heterocycles. The van der Waals surface area contributed by atoms with Crippen LogP contribution in [0.25, 0.3) is 0 Å². The third-order valence-corrected chi connectivity index (χ3v) is 2.69. The van der Waals surface area contributed by atoms with Crippen molar-refractivity contribution in [3.63, 3.8) is 0 Å². The van der Waals surface area contributed by atoms with Gasteiger partial charge in [-0.15, -0.1) is 0 Å². The first kappa shape index (κ1) is 14.1. The molecule has 0 saturated heterocycles. The van der Waals surface area contributed by atoms with Gasteiger partial charge in [0.05, 0.1) is 12.7 Å². The third kappa shape index (κ3) is 4.13. The summed E-state index contributed by atoms with van der Waals surface area (Å²) in [6, 6.07) is 7.50. The van der Waals surface area contributed by atoms with Crippen molar-refractivity contribution >= 4 is 5.69 Å². The van der Waals surface area contributed by atoms with Gasteiger partial charge in [-0.05, 0) is 31.2 Å². The van der Waals surface area contributed by atoms with Crippen LogP contribution in [0.4, 0.5) is 5.69 Å². The van der Waals surface area contributed by atoms with Gasteiger partial charge in [-0.25, -0.2) is 9.89 Å². The number of benzene rings is 1. The molecule has 1 heterocycles. The zero-order chi connectivity index (χ0) is 14.4. The largest absolute Gasteiger partial charge is 0.494 e. The number of anilines is 1. The third-order valence-electron chi connectivity index (χ3n) is 2.69. The Labute approximate surface area is 116 Å². The van der Waals surface area contributed by atoms with Gasteiger partial charge in [0.15, 0.2) is 0 Å². The van der Waals surface area contributed by atoms with Crippen LogP contribution in [0.5, 0.6) is 5.75 Å². The molecule has 0 aliphatic heterocycles. The highest BCUT2D eigenvalue weighted by atomic mass is 16.5. The molecule has 7 nitrogen and oxygen atoms in total. The molecule has 0 saturated carbocycles. The number of aliphatic hydroxyl groups excluding tert-OH is 1. The van der Waals surface area contributed by atoms with E-state index in [1.54, 1.807) is 0 Å². The number of aromatic amines is 2. The van der Waals surface area contributed by atoms with Gasteiger partial charge < -0.3 is 15.2 Å². The second kappa shape index (κ2) is 6.76. The maximum absolute atomic E-state index is 10.9. The normalized spacial score (nSPS) is 12.1. The van der Waals surface area contributed by atoms with Gasteiger partial charge in [-0.3, -0.25) is 4.98 Å². The van der Waals surface area contributed by atoms with Crippen molar-refractivity contribution in [2.75, 3.05) is 18.5 Å². The maximum atomic E-state index is 10.9. The van der Waals surface area contributed by atoms with Crippen LogP contribution in [0, 0.1) is 0 Å². The molecule has 1 aromatic carbocycles. The summed E-state index contributed by atoms with van der Waals surface area (Å²) < 4.78 is 5.35. The second-order valence-electron chi connectivity index (χ2n) is 4.32. The SMILES string of the molecule is CCOc1ccc(NCC(O)Cc2n[nH]c(=O)[nH]2)cc1. The van der Waals surface area contributed by atoms with E-state index in [9.17, 15) is 9.90 Å². The molecular formula is C13H18N4O3. The molecule has 20 heavy (non-hydrogen) atoms. The van der Waals surface area contributed by atoms with Gasteiger partial charge in [0.1, 0.15) is 11.6 Å². The highest BCUT2D eigenvalue weighted by Gasteiger charge is 2.08. The molecule has 4 N–H and O–H groups in total. The van der Waals surface area contributed by atoms with Crippen LogP contribution in [0.1, 0.15) is 12.7 Å². The minimum Gasteiger partial charge on any atom is -0.494 e. The molecule has 0 aliphatic carbocycles. The second-order valence-corrected chi connectivity index (χ2v) is 4.32. The summed E-state index contributed by atoms with van der Waals surface area (Å²) in [6.45, 7) is 2.93. The van der Waals surface area contributed by atoms with Crippen LogP contribution in [0.2, 0.25) is 0 Å². The predicted octanol–water partition coefficient (Wildman–Crippen LogP) is 0.512. The van der Waals surface area contributed by atoms with Gasteiger partial charge in [0.25, 0.3) is 0 Å². The number of rotatable bonds is 7. The lowest BCUT2D eigenvalue weighted by molar-refractivity contribution is 0.185. The van der Waals surface area contributed by atoms with Crippen molar-refractivity contribution in [2.45, 2.75) is 19.4 Å². The molecule has 1 atom stereocenters. The summed E-state index contributed by atoms with van der Waals surface area (Å²) >= 11 is 0. The van der Waals surface area contributed by atoms with E-state index in [0.29, 0.717) is 19.0 Å². The Balaban J connectivity index is 1.80. The number of H-pyrrole nitrogens is 2. The summed E-state index contributed by atoms with van der Waals surface area (Å²) in [4.78, 5) is 13.4. The van der Waals surface area contributed by atoms with Crippen molar-refractivity contribution in [1.82, 2.24) is 15.2 Å². The number of nitrogens with one attached hydrogen (secondary N) is 3. The molecule has 0 spiro atoms. The van der Waals surface area contributed by atoms with Crippen molar-refractivity contribution in [1.29, 1.82) is 0 Å². The molecule has 2 aromatic rings. The first-order chi connectivity index (χ1) is 9.67. The van der Waals surface area contributed by atoms with E-state index in [-0.39, 0.29) is 12.1 Å². The fourth-order valence-electron chi connectivity index (χ4n) is 1.77. The molecule has 108 valence electrons. The quantitative estimate of drug-likeness (QED) is 0.591. The summed E-state index contributed by atoms with van der Waals surface area (Å²) in [7, 11) is 0. The lowest BCUT2D eigenvalue weighted by Crippen LogP contribution is -2.22. The number of nitrogens with zero attached hydrogens (tertiary/aromatic N) is 1. The molecule has 1 unspecified atom stereocenters. The Bertz CT molecular complexity index is 576. The molecule has 0 fully saturated rings. The molecule has 0 bridgehead atoms. The molecule has 7 heteroatoms. The number of aromatic nitrogens is 3. The van der Waals surface area contributed by atoms with E-state index >= 15 is 0 Å². The smallest absolute Gasteiger partial charge is 0.340 e. The molecule has 2 rings (SSSR count). The van der Waals surface area contributed by atoms with E-state index in [1.807, 2.05) is 31.2 Å². The minimum atomic E-state index is -0.638. The summed E-state index contributed by atoms with van der Waals surface area (Å²) in [5.41, 5.74) is 0.523. The van der Waals surface area contributed by atoms with Crippen LogP contribution in [0.15, 0.2) is 29.1 Å². The van der Waals surface area contributed by atoms with Crippen molar-refractivity contribution in [2.24, 2.45) is 0 Å². The van der Waals surface area contributed by atoms with E-state index < -0.39 is 6.10 Å². The first-order valence-electron chi connectivity index (χ1n) is 6.45. The zero-order valence-electron chi connectivity index (χ0n) is 11.2. The average molecular weight is 278 g/mol. The fourth-order valence-corrected chi connectivity index (χ4v) is 1.77. The van der Waals surface area contributed by atoms with E-state index in [2.05, 4.69) is 20.5 Å². The highest BCUT2D eigenvalue weighted by molar-refractivity contribution is 5.46. The monoisotopic (exact) mass is 278 g/mol. The topological polar surface area (TPSA) is 103 Å². The molecule has 0 radical (unpaired) electrons. The Hall–Kier alpha value is -2.28. The Morgan fingerprint density at radius 3 is 2.75 bits per heavy atom. The van der Waals surface area contributed by atoms with E-state index in [1.165, 1.54) is 0 Å². The molecule has 0 aliphatic rings. The minimum absolute atomic E-state index is 0.281. The Morgan fingerprint density at radius 1 is 1.40 bits per heavy atom. The Morgan fingerprint density at radius 2 is 2.15 bits per heavy atom. The lowest BCUT2D eigenvalue weighted by Gasteiger charge is -2.12. The van der Waals surface area contributed by atoms with Gasteiger partial charge >= 0.3 is 5.69 Å². The first-order valence-corrected chi connectivity index (χ1v) is 6.45. The van der Waals surface area contributed by atoms with Crippen LogP contribution >= 0.6 is 0 Å². The molecule has 0 amide bonds. The summed E-state index contributed by atoms with van der Waals surface area (Å²) in [5, 5.41) is 19.0.